The van der Waals surface area contributed by atoms with Crippen molar-refractivity contribution in [1.29, 1.82) is 0 Å². The molecule has 6 heteroatoms. The lowest BCUT2D eigenvalue weighted by Gasteiger charge is -2.03. The zero-order valence-electron chi connectivity index (χ0n) is 9.70. The summed E-state index contributed by atoms with van der Waals surface area (Å²) in [5.41, 5.74) is 0.393. The Balaban J connectivity index is 1.84. The first-order valence-electron chi connectivity index (χ1n) is 5.32. The number of amides is 1. The van der Waals surface area contributed by atoms with Gasteiger partial charge in [-0.05, 0) is 17.8 Å². The molecule has 1 fully saturated rings. The van der Waals surface area contributed by atoms with Gasteiger partial charge in [0.1, 0.15) is 0 Å². The molecular formula is C10H16N4OS. The zero-order valence-corrected chi connectivity index (χ0v) is 10.5. The number of rotatable bonds is 4. The Morgan fingerprint density at radius 3 is 2.75 bits per heavy atom. The summed E-state index contributed by atoms with van der Waals surface area (Å²) in [7, 11) is 1.76. The van der Waals surface area contributed by atoms with Crippen LogP contribution in [0.15, 0.2) is 0 Å². The van der Waals surface area contributed by atoms with Gasteiger partial charge in [0, 0.05) is 13.6 Å². The molecule has 1 amide bonds. The third kappa shape index (κ3) is 2.32. The second kappa shape index (κ2) is 4.01. The fraction of sp³-hybridized carbons (Fsp3) is 0.700. The topological polar surface area (TPSA) is 66.9 Å². The highest BCUT2D eigenvalue weighted by Gasteiger charge is 2.45. The summed E-state index contributed by atoms with van der Waals surface area (Å²) in [5.74, 6) is 0.481. The summed E-state index contributed by atoms with van der Waals surface area (Å²) in [5, 5.41) is 14.5. The number of carbonyl (C=O) groups is 1. The van der Waals surface area contributed by atoms with Crippen LogP contribution in [0.5, 0.6) is 0 Å². The van der Waals surface area contributed by atoms with E-state index in [1.807, 2.05) is 0 Å². The van der Waals surface area contributed by atoms with E-state index in [2.05, 4.69) is 34.7 Å². The van der Waals surface area contributed by atoms with E-state index in [4.69, 9.17) is 0 Å². The summed E-state index contributed by atoms with van der Waals surface area (Å²) in [4.78, 5) is 11.7. The molecule has 0 radical (unpaired) electrons. The van der Waals surface area contributed by atoms with Gasteiger partial charge < -0.3 is 10.6 Å². The maximum Gasteiger partial charge on any atom is 0.282 e. The zero-order chi connectivity index (χ0) is 11.8. The number of nitrogens with one attached hydrogen (secondary N) is 2. The van der Waals surface area contributed by atoms with E-state index in [0.29, 0.717) is 21.5 Å². The van der Waals surface area contributed by atoms with Crippen LogP contribution in [0.4, 0.5) is 5.13 Å². The number of nitrogens with zero attached hydrogens (tertiary/aromatic N) is 2. The van der Waals surface area contributed by atoms with E-state index in [9.17, 15) is 4.79 Å². The van der Waals surface area contributed by atoms with Gasteiger partial charge in [0.15, 0.2) is 0 Å². The number of aromatic nitrogens is 2. The van der Waals surface area contributed by atoms with Crippen LogP contribution < -0.4 is 10.6 Å². The van der Waals surface area contributed by atoms with Crippen LogP contribution in [0.3, 0.4) is 0 Å². The Hall–Kier alpha value is -1.17. The first-order valence-corrected chi connectivity index (χ1v) is 6.14. The molecule has 0 aliphatic heterocycles. The van der Waals surface area contributed by atoms with E-state index in [1.54, 1.807) is 7.05 Å². The average Bonchev–Trinajstić information content (AvgIpc) is 2.69. The molecule has 16 heavy (non-hydrogen) atoms. The van der Waals surface area contributed by atoms with E-state index < -0.39 is 0 Å². The van der Waals surface area contributed by atoms with Crippen LogP contribution in [-0.2, 0) is 0 Å². The SMILES string of the molecule is CNc1nnc(C(=O)NCC2CC2(C)C)s1. The van der Waals surface area contributed by atoms with Crippen molar-refractivity contribution in [2.45, 2.75) is 20.3 Å². The lowest BCUT2D eigenvalue weighted by Crippen LogP contribution is -2.26. The molecule has 5 nitrogen and oxygen atoms in total. The Morgan fingerprint density at radius 2 is 2.25 bits per heavy atom. The number of hydrogen-bond acceptors (Lipinski definition) is 5. The standard InChI is InChI=1S/C10H16N4OS/c1-10(2)4-6(10)5-12-7(15)8-13-14-9(11-3)16-8/h6H,4-5H2,1-3H3,(H,11,14)(H,12,15). The van der Waals surface area contributed by atoms with Crippen molar-refractivity contribution in [1.82, 2.24) is 15.5 Å². The lowest BCUT2D eigenvalue weighted by atomic mass is 10.1. The fourth-order valence-electron chi connectivity index (χ4n) is 1.63. The number of anilines is 1. The van der Waals surface area contributed by atoms with E-state index in [0.717, 1.165) is 6.54 Å². The van der Waals surface area contributed by atoms with Gasteiger partial charge in [-0.15, -0.1) is 10.2 Å². The summed E-state index contributed by atoms with van der Waals surface area (Å²) in [6, 6.07) is 0. The maximum atomic E-state index is 11.7. The molecule has 1 unspecified atom stereocenters. The molecule has 2 rings (SSSR count). The second-order valence-corrected chi connectivity index (χ2v) is 5.74. The third-order valence-corrected chi connectivity index (χ3v) is 4.00. The molecule has 1 aliphatic rings. The van der Waals surface area contributed by atoms with Crippen molar-refractivity contribution in [2.75, 3.05) is 18.9 Å². The van der Waals surface area contributed by atoms with E-state index in [1.165, 1.54) is 17.8 Å². The Morgan fingerprint density at radius 1 is 1.56 bits per heavy atom. The number of hydrogen-bond donors (Lipinski definition) is 2. The van der Waals surface area contributed by atoms with Crippen molar-refractivity contribution in [3.8, 4) is 0 Å². The molecule has 0 saturated heterocycles. The number of carbonyl (C=O) groups excluding carboxylic acids is 1. The van der Waals surface area contributed by atoms with Gasteiger partial charge in [-0.25, -0.2) is 0 Å². The molecule has 1 aliphatic carbocycles. The predicted octanol–water partition coefficient (Wildman–Crippen LogP) is 1.36. The second-order valence-electron chi connectivity index (χ2n) is 4.76. The minimum absolute atomic E-state index is 0.123. The normalized spacial score (nSPS) is 21.6. The van der Waals surface area contributed by atoms with Crippen molar-refractivity contribution in [3.63, 3.8) is 0 Å². The smallest absolute Gasteiger partial charge is 0.282 e. The lowest BCUT2D eigenvalue weighted by molar-refractivity contribution is 0.0949. The first-order chi connectivity index (χ1) is 7.53. The molecule has 1 saturated carbocycles. The van der Waals surface area contributed by atoms with Gasteiger partial charge in [-0.2, -0.15) is 0 Å². The monoisotopic (exact) mass is 240 g/mol. The van der Waals surface area contributed by atoms with Crippen molar-refractivity contribution >= 4 is 22.4 Å². The molecular weight excluding hydrogens is 224 g/mol. The third-order valence-electron chi connectivity index (χ3n) is 3.06. The van der Waals surface area contributed by atoms with E-state index >= 15 is 0 Å². The molecule has 88 valence electrons. The van der Waals surface area contributed by atoms with Crippen LogP contribution in [-0.4, -0.2) is 29.7 Å². The van der Waals surface area contributed by atoms with Crippen molar-refractivity contribution in [3.05, 3.63) is 5.01 Å². The van der Waals surface area contributed by atoms with Crippen LogP contribution in [0.25, 0.3) is 0 Å². The largest absolute Gasteiger partial charge is 0.363 e. The van der Waals surface area contributed by atoms with Gasteiger partial charge in [0.05, 0.1) is 0 Å². The highest BCUT2D eigenvalue weighted by Crippen LogP contribution is 2.50. The van der Waals surface area contributed by atoms with Gasteiger partial charge in [0.25, 0.3) is 5.91 Å². The summed E-state index contributed by atoms with van der Waals surface area (Å²) in [6.45, 7) is 5.17. The highest BCUT2D eigenvalue weighted by molar-refractivity contribution is 7.17. The highest BCUT2D eigenvalue weighted by atomic mass is 32.1. The van der Waals surface area contributed by atoms with Crippen LogP contribution >= 0.6 is 11.3 Å². The van der Waals surface area contributed by atoms with Gasteiger partial charge >= 0.3 is 0 Å². The van der Waals surface area contributed by atoms with Crippen LogP contribution in [0.1, 0.15) is 30.1 Å². The minimum Gasteiger partial charge on any atom is -0.363 e. The predicted molar refractivity (Wildman–Crippen MR) is 63.7 cm³/mol. The molecule has 0 bridgehead atoms. The Bertz CT molecular complexity index is 401. The molecule has 1 aromatic heterocycles. The molecule has 1 atom stereocenters. The summed E-state index contributed by atoms with van der Waals surface area (Å²) in [6.07, 6.45) is 1.19. The van der Waals surface area contributed by atoms with Gasteiger partial charge in [-0.3, -0.25) is 4.79 Å². The van der Waals surface area contributed by atoms with Crippen LogP contribution in [0, 0.1) is 11.3 Å². The van der Waals surface area contributed by atoms with Crippen molar-refractivity contribution < 1.29 is 4.79 Å². The van der Waals surface area contributed by atoms with Gasteiger partial charge in [0.2, 0.25) is 10.1 Å². The minimum atomic E-state index is -0.123. The Kier molecular flexibility index (Phi) is 2.84. The molecule has 1 aromatic rings. The van der Waals surface area contributed by atoms with Crippen LogP contribution in [0.2, 0.25) is 0 Å². The molecule has 0 aromatic carbocycles. The molecule has 0 spiro atoms. The average molecular weight is 240 g/mol. The first kappa shape index (κ1) is 11.3. The Labute approximate surface area is 98.7 Å². The van der Waals surface area contributed by atoms with E-state index in [-0.39, 0.29) is 5.91 Å². The molecule has 2 N–H and O–H groups in total. The summed E-state index contributed by atoms with van der Waals surface area (Å²) < 4.78 is 0. The quantitative estimate of drug-likeness (QED) is 0.834. The maximum absolute atomic E-state index is 11.7. The molecule has 1 heterocycles. The van der Waals surface area contributed by atoms with Crippen molar-refractivity contribution in [2.24, 2.45) is 11.3 Å². The summed E-state index contributed by atoms with van der Waals surface area (Å²) >= 11 is 1.27. The fourth-order valence-corrected chi connectivity index (χ4v) is 2.25. The van der Waals surface area contributed by atoms with Gasteiger partial charge in [-0.1, -0.05) is 25.2 Å².